The molecule has 0 saturated carbocycles. The van der Waals surface area contributed by atoms with Crippen LogP contribution in [0.2, 0.25) is 0 Å². The second-order valence-electron chi connectivity index (χ2n) is 7.47. The first-order valence-corrected chi connectivity index (χ1v) is 9.96. The first-order chi connectivity index (χ1) is 15.5. The number of fused-ring (bicyclic) bond motifs is 3. The van der Waals surface area contributed by atoms with E-state index in [1.54, 1.807) is 84.9 Å². The van der Waals surface area contributed by atoms with Crippen molar-refractivity contribution in [2.75, 3.05) is 0 Å². The molecule has 5 heteroatoms. The second-order valence-corrected chi connectivity index (χ2v) is 7.47. The molecule has 0 amide bonds. The van der Waals surface area contributed by atoms with E-state index in [1.165, 1.54) is 0 Å². The number of aromatic carboxylic acids is 2. The molecular formula is C27H16O5. The van der Waals surface area contributed by atoms with Crippen LogP contribution in [0.15, 0.2) is 84.9 Å². The molecule has 1 aliphatic rings. The fraction of sp³-hybridized carbons (Fsp3) is 0. The Balaban J connectivity index is 2.08. The number of carboxylic acid groups (broad SMARTS) is 2. The number of benzene rings is 4. The maximum absolute atomic E-state index is 13.6. The van der Waals surface area contributed by atoms with Gasteiger partial charge in [-0.15, -0.1) is 0 Å². The fourth-order valence-corrected chi connectivity index (χ4v) is 4.49. The lowest BCUT2D eigenvalue weighted by Crippen LogP contribution is -2.15. The summed E-state index contributed by atoms with van der Waals surface area (Å²) in [6.45, 7) is 0. The number of rotatable bonds is 4. The van der Waals surface area contributed by atoms with Gasteiger partial charge in [0.25, 0.3) is 0 Å². The van der Waals surface area contributed by atoms with E-state index in [1.807, 2.05) is 0 Å². The van der Waals surface area contributed by atoms with Gasteiger partial charge in [-0.1, -0.05) is 84.9 Å². The predicted molar refractivity (Wildman–Crippen MR) is 120 cm³/mol. The Bertz CT molecular complexity index is 1420. The van der Waals surface area contributed by atoms with Crippen molar-refractivity contribution in [2.24, 2.45) is 0 Å². The molecule has 5 rings (SSSR count). The zero-order valence-electron chi connectivity index (χ0n) is 16.7. The van der Waals surface area contributed by atoms with Crippen LogP contribution in [0.1, 0.15) is 36.6 Å². The van der Waals surface area contributed by atoms with Crippen LogP contribution < -0.4 is 0 Å². The summed E-state index contributed by atoms with van der Waals surface area (Å²) < 4.78 is 0. The summed E-state index contributed by atoms with van der Waals surface area (Å²) >= 11 is 0. The van der Waals surface area contributed by atoms with E-state index in [2.05, 4.69) is 0 Å². The second kappa shape index (κ2) is 7.32. The highest BCUT2D eigenvalue weighted by atomic mass is 16.4. The third-order valence-corrected chi connectivity index (χ3v) is 5.72. The van der Waals surface area contributed by atoms with Crippen LogP contribution in [0.3, 0.4) is 0 Å². The number of hydrogen-bond acceptors (Lipinski definition) is 3. The summed E-state index contributed by atoms with van der Waals surface area (Å²) in [5, 5.41) is 20.4. The average Bonchev–Trinajstić information content (AvgIpc) is 3.11. The van der Waals surface area contributed by atoms with E-state index in [4.69, 9.17) is 0 Å². The van der Waals surface area contributed by atoms with Gasteiger partial charge in [-0.2, -0.15) is 0 Å². The summed E-state index contributed by atoms with van der Waals surface area (Å²) in [5.74, 6) is -3.07. The zero-order chi connectivity index (χ0) is 22.4. The quantitative estimate of drug-likeness (QED) is 0.393. The Labute approximate surface area is 183 Å². The molecule has 0 heterocycles. The van der Waals surface area contributed by atoms with E-state index in [0.717, 1.165) is 0 Å². The molecule has 0 aliphatic heterocycles. The summed E-state index contributed by atoms with van der Waals surface area (Å²) in [6.07, 6.45) is 0. The van der Waals surface area contributed by atoms with Crippen LogP contribution in [0, 0.1) is 0 Å². The van der Waals surface area contributed by atoms with Crippen LogP contribution in [0.4, 0.5) is 0 Å². The molecule has 0 bridgehead atoms. The molecule has 0 atom stereocenters. The molecule has 4 aromatic rings. The van der Waals surface area contributed by atoms with Gasteiger partial charge in [0.1, 0.15) is 0 Å². The summed E-state index contributed by atoms with van der Waals surface area (Å²) in [5.41, 5.74) is 2.37. The van der Waals surface area contributed by atoms with Gasteiger partial charge in [0.05, 0.1) is 11.1 Å². The van der Waals surface area contributed by atoms with E-state index < -0.39 is 11.9 Å². The molecule has 32 heavy (non-hydrogen) atoms. The third kappa shape index (κ3) is 2.76. The van der Waals surface area contributed by atoms with Crippen LogP contribution in [-0.2, 0) is 0 Å². The Morgan fingerprint density at radius 3 is 1.38 bits per heavy atom. The maximum atomic E-state index is 13.6. The first-order valence-electron chi connectivity index (χ1n) is 9.96. The van der Waals surface area contributed by atoms with Crippen LogP contribution in [-0.4, -0.2) is 27.9 Å². The van der Waals surface area contributed by atoms with E-state index in [0.29, 0.717) is 27.8 Å². The largest absolute Gasteiger partial charge is 0.478 e. The van der Waals surface area contributed by atoms with E-state index in [9.17, 15) is 24.6 Å². The molecule has 0 radical (unpaired) electrons. The highest BCUT2D eigenvalue weighted by Crippen LogP contribution is 2.50. The highest BCUT2D eigenvalue weighted by Gasteiger charge is 2.39. The fourth-order valence-electron chi connectivity index (χ4n) is 4.49. The molecule has 0 unspecified atom stereocenters. The third-order valence-electron chi connectivity index (χ3n) is 5.72. The van der Waals surface area contributed by atoms with E-state index >= 15 is 0 Å². The normalized spacial score (nSPS) is 11.7. The van der Waals surface area contributed by atoms with Crippen molar-refractivity contribution in [1.29, 1.82) is 0 Å². The van der Waals surface area contributed by atoms with Gasteiger partial charge in [0, 0.05) is 27.8 Å². The Morgan fingerprint density at radius 2 is 0.906 bits per heavy atom. The van der Waals surface area contributed by atoms with E-state index in [-0.39, 0.29) is 33.6 Å². The molecule has 1 aliphatic carbocycles. The lowest BCUT2D eigenvalue weighted by Gasteiger charge is -2.20. The molecule has 0 spiro atoms. The number of carboxylic acids is 2. The van der Waals surface area contributed by atoms with Gasteiger partial charge in [-0.3, -0.25) is 4.79 Å². The maximum Gasteiger partial charge on any atom is 0.337 e. The molecule has 0 saturated heterocycles. The van der Waals surface area contributed by atoms with Gasteiger partial charge in [0.15, 0.2) is 5.78 Å². The van der Waals surface area contributed by atoms with Crippen molar-refractivity contribution >= 4 is 17.7 Å². The van der Waals surface area contributed by atoms with Gasteiger partial charge >= 0.3 is 11.9 Å². The summed E-state index contributed by atoms with van der Waals surface area (Å²) in [4.78, 5) is 38.6. The number of ketones is 1. The Morgan fingerprint density at radius 1 is 0.500 bits per heavy atom. The monoisotopic (exact) mass is 420 g/mol. The molecule has 154 valence electrons. The summed E-state index contributed by atoms with van der Waals surface area (Å²) in [6, 6.07) is 24.3. The standard InChI is InChI=1S/C27H16O5/c28-25-18-14-8-7-13-17(18)21-19(15-9-3-1-4-10-15)23(26(29)30)24(27(31)32)20(22(21)25)16-11-5-2-6-12-16/h1-14H,(H,29,30)(H,31,32). The molecule has 0 aromatic heterocycles. The minimum Gasteiger partial charge on any atom is -0.478 e. The lowest BCUT2D eigenvalue weighted by atomic mass is 9.81. The van der Waals surface area contributed by atoms with Crippen molar-refractivity contribution in [3.05, 3.63) is 107 Å². The highest BCUT2D eigenvalue weighted by molar-refractivity contribution is 6.30. The van der Waals surface area contributed by atoms with Crippen molar-refractivity contribution in [3.8, 4) is 33.4 Å². The van der Waals surface area contributed by atoms with Crippen LogP contribution in [0.5, 0.6) is 0 Å². The number of carbonyl (C=O) groups excluding carboxylic acids is 1. The average molecular weight is 420 g/mol. The van der Waals surface area contributed by atoms with Crippen molar-refractivity contribution in [2.45, 2.75) is 0 Å². The predicted octanol–water partition coefficient (Wildman–Crippen LogP) is 5.63. The summed E-state index contributed by atoms with van der Waals surface area (Å²) in [7, 11) is 0. The molecule has 4 aromatic carbocycles. The van der Waals surface area contributed by atoms with Crippen molar-refractivity contribution in [3.63, 3.8) is 0 Å². The Kier molecular flexibility index (Phi) is 4.45. The number of hydrogen-bond donors (Lipinski definition) is 2. The minimum atomic E-state index is -1.40. The SMILES string of the molecule is O=C(O)c1c(C(=O)O)c(-c2ccccc2)c2c(c1-c1ccccc1)C(=O)c1ccccc1-2. The zero-order valence-corrected chi connectivity index (χ0v) is 16.7. The molecule has 2 N–H and O–H groups in total. The van der Waals surface area contributed by atoms with Crippen LogP contribution >= 0.6 is 0 Å². The molecular weight excluding hydrogens is 404 g/mol. The number of carbonyl (C=O) groups is 3. The van der Waals surface area contributed by atoms with Crippen LogP contribution in [0.25, 0.3) is 33.4 Å². The van der Waals surface area contributed by atoms with Gasteiger partial charge < -0.3 is 10.2 Å². The Hall–Kier alpha value is -4.51. The van der Waals surface area contributed by atoms with Gasteiger partial charge in [-0.25, -0.2) is 9.59 Å². The van der Waals surface area contributed by atoms with Gasteiger partial charge in [0.2, 0.25) is 0 Å². The van der Waals surface area contributed by atoms with Crippen molar-refractivity contribution < 1.29 is 24.6 Å². The first kappa shape index (κ1) is 19.5. The van der Waals surface area contributed by atoms with Gasteiger partial charge in [-0.05, 0) is 16.7 Å². The molecule has 0 fully saturated rings. The molecule has 5 nitrogen and oxygen atoms in total. The topological polar surface area (TPSA) is 91.7 Å². The van der Waals surface area contributed by atoms with Crippen molar-refractivity contribution in [1.82, 2.24) is 0 Å². The smallest absolute Gasteiger partial charge is 0.337 e. The minimum absolute atomic E-state index is 0.131. The lowest BCUT2D eigenvalue weighted by molar-refractivity contribution is 0.0652.